The third-order valence-electron chi connectivity index (χ3n) is 3.20. The zero-order chi connectivity index (χ0) is 14.5. The fraction of sp³-hybridized carbons (Fsp3) is 0.818. The first kappa shape index (κ1) is 15.9. The molecule has 1 heterocycles. The Kier molecular flexibility index (Phi) is 5.74. The SMILES string of the molecule is COC(=O)CCS(=O)(=O)N1CCC(CCC(=O)O)C1. The van der Waals surface area contributed by atoms with Crippen LogP contribution in [0.1, 0.15) is 25.7 Å². The van der Waals surface area contributed by atoms with Crippen LogP contribution in [0.3, 0.4) is 0 Å². The number of carbonyl (C=O) groups excluding carboxylic acids is 1. The van der Waals surface area contributed by atoms with Gasteiger partial charge in [-0.3, -0.25) is 9.59 Å². The first-order valence-corrected chi connectivity index (χ1v) is 7.72. The van der Waals surface area contributed by atoms with Crippen LogP contribution in [-0.2, 0) is 24.3 Å². The van der Waals surface area contributed by atoms with Crippen LogP contribution >= 0.6 is 0 Å². The van der Waals surface area contributed by atoms with Gasteiger partial charge in [0.25, 0.3) is 0 Å². The molecule has 1 unspecified atom stereocenters. The predicted octanol–water partition coefficient (Wildman–Crippen LogP) is 0.0660. The Morgan fingerprint density at radius 2 is 2.05 bits per heavy atom. The molecule has 1 aliphatic heterocycles. The van der Waals surface area contributed by atoms with Gasteiger partial charge in [-0.1, -0.05) is 0 Å². The van der Waals surface area contributed by atoms with Gasteiger partial charge < -0.3 is 9.84 Å². The average molecular weight is 293 g/mol. The Hall–Kier alpha value is -1.15. The van der Waals surface area contributed by atoms with Crippen molar-refractivity contribution in [2.45, 2.75) is 25.7 Å². The van der Waals surface area contributed by atoms with Crippen molar-refractivity contribution in [3.05, 3.63) is 0 Å². The van der Waals surface area contributed by atoms with E-state index >= 15 is 0 Å². The lowest BCUT2D eigenvalue weighted by Gasteiger charge is -2.16. The molecule has 0 saturated carbocycles. The van der Waals surface area contributed by atoms with Crippen molar-refractivity contribution in [2.24, 2.45) is 5.92 Å². The minimum atomic E-state index is -3.45. The van der Waals surface area contributed by atoms with Gasteiger partial charge in [0.2, 0.25) is 10.0 Å². The number of rotatable bonds is 7. The minimum absolute atomic E-state index is 0.0563. The van der Waals surface area contributed by atoms with Gasteiger partial charge in [0.15, 0.2) is 0 Å². The maximum atomic E-state index is 11.9. The van der Waals surface area contributed by atoms with Crippen LogP contribution in [0.4, 0.5) is 0 Å². The van der Waals surface area contributed by atoms with E-state index in [2.05, 4.69) is 4.74 Å². The highest BCUT2D eigenvalue weighted by Crippen LogP contribution is 2.23. The number of methoxy groups -OCH3 is 1. The molecular weight excluding hydrogens is 274 g/mol. The van der Waals surface area contributed by atoms with Gasteiger partial charge in [-0.2, -0.15) is 0 Å². The molecule has 1 fully saturated rings. The number of sulfonamides is 1. The van der Waals surface area contributed by atoms with E-state index < -0.39 is 22.0 Å². The summed E-state index contributed by atoms with van der Waals surface area (Å²) in [6.45, 7) is 0.741. The molecule has 0 bridgehead atoms. The molecule has 0 amide bonds. The molecule has 1 rings (SSSR count). The van der Waals surface area contributed by atoms with Crippen molar-refractivity contribution in [2.75, 3.05) is 26.0 Å². The normalized spacial score (nSPS) is 20.4. The number of esters is 1. The van der Waals surface area contributed by atoms with Crippen LogP contribution in [-0.4, -0.2) is 55.7 Å². The zero-order valence-electron chi connectivity index (χ0n) is 10.9. The monoisotopic (exact) mass is 293 g/mol. The Balaban J connectivity index is 2.44. The second kappa shape index (κ2) is 6.85. The molecule has 0 spiro atoms. The molecule has 110 valence electrons. The topological polar surface area (TPSA) is 101 Å². The Morgan fingerprint density at radius 3 is 2.63 bits per heavy atom. The molecule has 0 aromatic carbocycles. The standard InChI is InChI=1S/C11H19NO6S/c1-18-11(15)5-7-19(16,17)12-6-4-9(8-12)2-3-10(13)14/h9H,2-8H2,1H3,(H,13,14). The second-order valence-electron chi connectivity index (χ2n) is 4.59. The van der Waals surface area contributed by atoms with Gasteiger partial charge in [0.05, 0.1) is 19.3 Å². The van der Waals surface area contributed by atoms with Crippen LogP contribution in [0, 0.1) is 5.92 Å². The van der Waals surface area contributed by atoms with Crippen LogP contribution in [0.5, 0.6) is 0 Å². The summed E-state index contributed by atoms with van der Waals surface area (Å²) in [5.41, 5.74) is 0. The third-order valence-corrected chi connectivity index (χ3v) is 5.04. The average Bonchev–Trinajstić information content (AvgIpc) is 2.83. The van der Waals surface area contributed by atoms with E-state index in [1.54, 1.807) is 0 Å². The van der Waals surface area contributed by atoms with Crippen molar-refractivity contribution in [1.82, 2.24) is 4.31 Å². The van der Waals surface area contributed by atoms with Crippen molar-refractivity contribution >= 4 is 22.0 Å². The van der Waals surface area contributed by atoms with E-state index in [9.17, 15) is 18.0 Å². The number of carboxylic acid groups (broad SMARTS) is 1. The van der Waals surface area contributed by atoms with Gasteiger partial charge in [-0.25, -0.2) is 12.7 Å². The van der Waals surface area contributed by atoms with Gasteiger partial charge in [-0.15, -0.1) is 0 Å². The van der Waals surface area contributed by atoms with Gasteiger partial charge in [0, 0.05) is 19.5 Å². The molecule has 7 nitrogen and oxygen atoms in total. The molecular formula is C11H19NO6S. The highest BCUT2D eigenvalue weighted by atomic mass is 32.2. The number of nitrogens with zero attached hydrogens (tertiary/aromatic N) is 1. The molecule has 1 aliphatic rings. The molecule has 0 aromatic heterocycles. The molecule has 0 aliphatic carbocycles. The molecule has 19 heavy (non-hydrogen) atoms. The number of carboxylic acids is 1. The molecule has 8 heteroatoms. The summed E-state index contributed by atoms with van der Waals surface area (Å²) in [4.78, 5) is 21.4. The number of ether oxygens (including phenoxy) is 1. The molecule has 0 aromatic rings. The van der Waals surface area contributed by atoms with Crippen molar-refractivity contribution < 1.29 is 27.9 Å². The van der Waals surface area contributed by atoms with Crippen molar-refractivity contribution in [3.8, 4) is 0 Å². The Labute approximate surface area is 112 Å². The highest BCUT2D eigenvalue weighted by Gasteiger charge is 2.31. The highest BCUT2D eigenvalue weighted by molar-refractivity contribution is 7.89. The zero-order valence-corrected chi connectivity index (χ0v) is 11.7. The van der Waals surface area contributed by atoms with Crippen LogP contribution in [0.25, 0.3) is 0 Å². The number of aliphatic carboxylic acids is 1. The van der Waals surface area contributed by atoms with Crippen molar-refractivity contribution in [1.29, 1.82) is 0 Å². The third kappa shape index (κ3) is 5.15. The number of carbonyl (C=O) groups is 2. The van der Waals surface area contributed by atoms with Crippen molar-refractivity contribution in [3.63, 3.8) is 0 Å². The Morgan fingerprint density at radius 1 is 1.37 bits per heavy atom. The fourth-order valence-corrected chi connectivity index (χ4v) is 3.56. The Bertz CT molecular complexity index is 432. The maximum Gasteiger partial charge on any atom is 0.306 e. The van der Waals surface area contributed by atoms with E-state index in [-0.39, 0.29) is 24.5 Å². The molecule has 0 radical (unpaired) electrons. The van der Waals surface area contributed by atoms with E-state index in [4.69, 9.17) is 5.11 Å². The van der Waals surface area contributed by atoms with Gasteiger partial charge in [0.1, 0.15) is 0 Å². The maximum absolute atomic E-state index is 11.9. The van der Waals surface area contributed by atoms with Crippen LogP contribution < -0.4 is 0 Å². The molecule has 1 saturated heterocycles. The van der Waals surface area contributed by atoms with Gasteiger partial charge >= 0.3 is 11.9 Å². The molecule has 1 atom stereocenters. The largest absolute Gasteiger partial charge is 0.481 e. The van der Waals surface area contributed by atoms with E-state index in [1.807, 2.05) is 0 Å². The summed E-state index contributed by atoms with van der Waals surface area (Å²) in [6, 6.07) is 0. The lowest BCUT2D eigenvalue weighted by molar-refractivity contribution is -0.140. The summed E-state index contributed by atoms with van der Waals surface area (Å²) >= 11 is 0. The summed E-state index contributed by atoms with van der Waals surface area (Å²) in [6.07, 6.45) is 1.05. The van der Waals surface area contributed by atoms with Crippen LogP contribution in [0.2, 0.25) is 0 Å². The summed E-state index contributed by atoms with van der Waals surface area (Å²) in [5, 5.41) is 8.59. The number of hydrogen-bond acceptors (Lipinski definition) is 5. The second-order valence-corrected chi connectivity index (χ2v) is 6.68. The molecule has 1 N–H and O–H groups in total. The lowest BCUT2D eigenvalue weighted by Crippen LogP contribution is -2.32. The summed E-state index contributed by atoms with van der Waals surface area (Å²) in [5.74, 6) is -1.59. The summed E-state index contributed by atoms with van der Waals surface area (Å²) < 4.78 is 29.6. The van der Waals surface area contributed by atoms with Crippen LogP contribution in [0.15, 0.2) is 0 Å². The minimum Gasteiger partial charge on any atom is -0.481 e. The van der Waals surface area contributed by atoms with E-state index in [0.29, 0.717) is 25.9 Å². The van der Waals surface area contributed by atoms with E-state index in [0.717, 1.165) is 0 Å². The smallest absolute Gasteiger partial charge is 0.306 e. The summed E-state index contributed by atoms with van der Waals surface area (Å²) in [7, 11) is -2.24. The van der Waals surface area contributed by atoms with Gasteiger partial charge in [-0.05, 0) is 18.8 Å². The lowest BCUT2D eigenvalue weighted by atomic mass is 10.0. The number of hydrogen-bond donors (Lipinski definition) is 1. The van der Waals surface area contributed by atoms with E-state index in [1.165, 1.54) is 11.4 Å². The fourth-order valence-electron chi connectivity index (χ4n) is 2.06. The first-order valence-electron chi connectivity index (χ1n) is 6.11. The first-order chi connectivity index (χ1) is 8.85. The predicted molar refractivity (Wildman–Crippen MR) is 67.0 cm³/mol. The quantitative estimate of drug-likeness (QED) is 0.666.